The van der Waals surface area contributed by atoms with Gasteiger partial charge < -0.3 is 0 Å². The molecule has 0 spiro atoms. The van der Waals surface area contributed by atoms with Gasteiger partial charge in [0.05, 0.1) is 0 Å². The van der Waals surface area contributed by atoms with Crippen LogP contribution in [0.4, 0.5) is 12.9 Å². The van der Waals surface area contributed by atoms with Crippen molar-refractivity contribution >= 4 is 53.0 Å². The van der Waals surface area contributed by atoms with Crippen LogP contribution in [-0.4, -0.2) is 53.0 Å². The van der Waals surface area contributed by atoms with E-state index < -0.39 is 7.54 Å². The van der Waals surface area contributed by atoms with Crippen LogP contribution in [0.2, 0.25) is 0 Å². The van der Waals surface area contributed by atoms with Crippen LogP contribution in [0.1, 0.15) is 0 Å². The Morgan fingerprint density at radius 2 is 1.00 bits per heavy atom. The van der Waals surface area contributed by atoms with Crippen LogP contribution in [0.25, 0.3) is 0 Å². The molecule has 0 nitrogen and oxygen atoms in total. The molecule has 0 rings (SSSR count). The van der Waals surface area contributed by atoms with Gasteiger partial charge in [0.25, 0.3) is 0 Å². The largest absolute Gasteiger partial charge is 0.762 e. The minimum atomic E-state index is -3.67. The van der Waals surface area contributed by atoms with Crippen molar-refractivity contribution in [3.8, 4) is 0 Å². The van der Waals surface area contributed by atoms with Crippen LogP contribution < -0.4 is 0 Å². The SMILES string of the molecule is FB(F)F.[Sr]. The van der Waals surface area contributed by atoms with Crippen LogP contribution in [0, 0.1) is 0 Å². The molecule has 0 aliphatic rings. The molecule has 0 N–H and O–H groups in total. The number of hydrogen-bond acceptors (Lipinski definition) is 0. The van der Waals surface area contributed by atoms with Crippen LogP contribution in [0.15, 0.2) is 0 Å². The van der Waals surface area contributed by atoms with Gasteiger partial charge in [0, 0.05) is 45.5 Å². The zero-order valence-electron chi connectivity index (χ0n) is 2.42. The number of halogens is 3. The molecule has 0 amide bonds. The zero-order chi connectivity index (χ0) is 3.58. The van der Waals surface area contributed by atoms with Gasteiger partial charge in [0.15, 0.2) is 0 Å². The molecule has 2 radical (unpaired) electrons. The molecule has 0 aromatic heterocycles. The minimum Gasteiger partial charge on any atom is -0.254 e. The van der Waals surface area contributed by atoms with Crippen LogP contribution in [0.5, 0.6) is 0 Å². The van der Waals surface area contributed by atoms with Gasteiger partial charge in [-0.05, 0) is 0 Å². The van der Waals surface area contributed by atoms with Crippen molar-refractivity contribution < 1.29 is 12.9 Å². The number of hydrogen-bond donors (Lipinski definition) is 0. The molecule has 0 saturated heterocycles. The Bertz CT molecular complexity index is 11.6. The summed E-state index contributed by atoms with van der Waals surface area (Å²) in [5.41, 5.74) is 0. The van der Waals surface area contributed by atoms with Crippen molar-refractivity contribution in [2.45, 2.75) is 0 Å². The molecule has 0 aliphatic carbocycles. The third-order valence-electron chi connectivity index (χ3n) is 0. The molecule has 26 valence electrons. The summed E-state index contributed by atoms with van der Waals surface area (Å²) >= 11 is 0. The van der Waals surface area contributed by atoms with E-state index in [4.69, 9.17) is 0 Å². The van der Waals surface area contributed by atoms with Crippen molar-refractivity contribution in [2.75, 3.05) is 0 Å². The van der Waals surface area contributed by atoms with Gasteiger partial charge in [-0.3, -0.25) is 12.9 Å². The van der Waals surface area contributed by atoms with Gasteiger partial charge in [-0.15, -0.1) is 0 Å². The summed E-state index contributed by atoms with van der Waals surface area (Å²) in [6.07, 6.45) is 0. The average molecular weight is 155 g/mol. The monoisotopic (exact) mass is 156 g/mol. The molecule has 0 heterocycles. The molecule has 0 aliphatic heterocycles. The predicted octanol–water partition coefficient (Wildman–Crippen LogP) is 0.499. The molecular weight excluding hydrogens is 155 g/mol. The topological polar surface area (TPSA) is 0 Å². The van der Waals surface area contributed by atoms with Crippen LogP contribution in [-0.2, 0) is 0 Å². The van der Waals surface area contributed by atoms with E-state index in [-0.39, 0.29) is 45.5 Å². The summed E-state index contributed by atoms with van der Waals surface area (Å²) < 4.78 is 29.0. The third kappa shape index (κ3) is 33.3. The van der Waals surface area contributed by atoms with Crippen molar-refractivity contribution in [1.29, 1.82) is 0 Å². The minimum absolute atomic E-state index is 0. The molecule has 0 aromatic carbocycles. The molecule has 5 heavy (non-hydrogen) atoms. The molecular formula is BF3Sr. The Balaban J connectivity index is 0. The fourth-order valence-corrected chi connectivity index (χ4v) is 0. The molecule has 0 aromatic rings. The van der Waals surface area contributed by atoms with Crippen molar-refractivity contribution in [3.05, 3.63) is 0 Å². The van der Waals surface area contributed by atoms with Crippen molar-refractivity contribution in [3.63, 3.8) is 0 Å². The van der Waals surface area contributed by atoms with E-state index in [0.29, 0.717) is 0 Å². The summed E-state index contributed by atoms with van der Waals surface area (Å²) in [6.45, 7) is 0. The Kier molecular flexibility index (Phi) is 10.2. The summed E-state index contributed by atoms with van der Waals surface area (Å²) in [4.78, 5) is 0. The smallest absolute Gasteiger partial charge is 0.254 e. The molecule has 0 bridgehead atoms. The molecule has 5 heteroatoms. The van der Waals surface area contributed by atoms with Crippen LogP contribution in [0.3, 0.4) is 0 Å². The normalized spacial score (nSPS) is 5.40. The van der Waals surface area contributed by atoms with Crippen LogP contribution >= 0.6 is 0 Å². The standard InChI is InChI=1S/BF3.Sr/c2-1(3)4;. The third-order valence-corrected chi connectivity index (χ3v) is 0. The van der Waals surface area contributed by atoms with Crippen molar-refractivity contribution in [2.24, 2.45) is 0 Å². The van der Waals surface area contributed by atoms with Crippen molar-refractivity contribution in [1.82, 2.24) is 0 Å². The first-order chi connectivity index (χ1) is 1.73. The second-order valence-electron chi connectivity index (χ2n) is 0.247. The first kappa shape index (κ1) is 9.60. The molecule has 0 saturated carbocycles. The summed E-state index contributed by atoms with van der Waals surface area (Å²) in [6, 6.07) is 0. The summed E-state index contributed by atoms with van der Waals surface area (Å²) in [5, 5.41) is 0. The van der Waals surface area contributed by atoms with Gasteiger partial charge >= 0.3 is 7.54 Å². The maximum absolute atomic E-state index is 9.67. The van der Waals surface area contributed by atoms with E-state index in [9.17, 15) is 12.9 Å². The fourth-order valence-electron chi connectivity index (χ4n) is 0. The van der Waals surface area contributed by atoms with Gasteiger partial charge in [0.1, 0.15) is 0 Å². The fraction of sp³-hybridized carbons (Fsp3) is 0. The van der Waals surface area contributed by atoms with Gasteiger partial charge in [-0.1, -0.05) is 0 Å². The van der Waals surface area contributed by atoms with Gasteiger partial charge in [-0.25, -0.2) is 0 Å². The van der Waals surface area contributed by atoms with E-state index in [1.54, 1.807) is 0 Å². The summed E-state index contributed by atoms with van der Waals surface area (Å²) in [7, 11) is -3.67. The van der Waals surface area contributed by atoms with E-state index in [2.05, 4.69) is 0 Å². The first-order valence-electron chi connectivity index (χ1n) is 0.655. The predicted molar refractivity (Wildman–Crippen MR) is 14.8 cm³/mol. The molecule has 0 fully saturated rings. The van der Waals surface area contributed by atoms with E-state index >= 15 is 0 Å². The Morgan fingerprint density at radius 3 is 1.00 bits per heavy atom. The maximum atomic E-state index is 9.67. The van der Waals surface area contributed by atoms with Gasteiger partial charge in [0.2, 0.25) is 0 Å². The Morgan fingerprint density at radius 1 is 1.00 bits per heavy atom. The van der Waals surface area contributed by atoms with E-state index in [1.165, 1.54) is 0 Å². The second-order valence-corrected chi connectivity index (χ2v) is 0.247. The summed E-state index contributed by atoms with van der Waals surface area (Å²) in [5.74, 6) is 0. The maximum Gasteiger partial charge on any atom is 0.762 e. The molecule has 0 atom stereocenters. The quantitative estimate of drug-likeness (QED) is 0.447. The van der Waals surface area contributed by atoms with Gasteiger partial charge in [-0.2, -0.15) is 0 Å². The molecule has 0 unspecified atom stereocenters. The zero-order valence-corrected chi connectivity index (χ0v) is 5.89. The van der Waals surface area contributed by atoms with E-state index in [1.807, 2.05) is 0 Å². The first-order valence-corrected chi connectivity index (χ1v) is 0.655. The number of rotatable bonds is 0. The second kappa shape index (κ2) is 5.34. The Hall–Kier alpha value is 1.34. The van der Waals surface area contributed by atoms with E-state index in [0.717, 1.165) is 0 Å². The Labute approximate surface area is 65.2 Å². The average Bonchev–Trinajstić information content (AvgIpc) is 0.811.